The van der Waals surface area contributed by atoms with E-state index in [1.54, 1.807) is 0 Å². The minimum absolute atomic E-state index is 0.334. The molecular formula is C20H28O2S. The number of benzene rings is 1. The van der Waals surface area contributed by atoms with Gasteiger partial charge in [0.15, 0.2) is 0 Å². The maximum atomic E-state index is 10.5. The Kier molecular flexibility index (Phi) is 6.04. The molecule has 4 atom stereocenters. The molecule has 0 amide bonds. The monoisotopic (exact) mass is 332 g/mol. The number of fused-ring (bicyclic) bond motifs is 2. The number of thioether (sulfide) groups is 1. The summed E-state index contributed by atoms with van der Waals surface area (Å²) < 4.78 is 0. The molecule has 0 aliphatic heterocycles. The van der Waals surface area contributed by atoms with Crippen molar-refractivity contribution in [2.24, 2.45) is 17.8 Å². The van der Waals surface area contributed by atoms with Gasteiger partial charge in [-0.05, 0) is 62.0 Å². The van der Waals surface area contributed by atoms with E-state index in [9.17, 15) is 4.79 Å². The van der Waals surface area contributed by atoms with E-state index in [0.717, 1.165) is 35.8 Å². The molecule has 23 heavy (non-hydrogen) atoms. The van der Waals surface area contributed by atoms with E-state index in [2.05, 4.69) is 42.1 Å². The van der Waals surface area contributed by atoms with Crippen LogP contribution in [0.15, 0.2) is 35.2 Å². The lowest BCUT2D eigenvalue weighted by Gasteiger charge is -2.30. The van der Waals surface area contributed by atoms with Gasteiger partial charge in [0.25, 0.3) is 0 Å². The Labute approximate surface area is 144 Å². The van der Waals surface area contributed by atoms with Gasteiger partial charge < -0.3 is 5.11 Å². The highest BCUT2D eigenvalue weighted by Gasteiger charge is 2.47. The molecule has 2 saturated carbocycles. The largest absolute Gasteiger partial charge is 0.481 e. The Bertz CT molecular complexity index is 502. The standard InChI is InChI=1S/C20H28O2S/c21-19(22)11-7-2-1-6-10-18-15-12-13-16(14-15)20(18)23-17-8-4-3-5-9-17/h3-5,8-9,15-16,18,20H,1-2,6-7,10-14H2,(H,21,22). The van der Waals surface area contributed by atoms with E-state index in [0.29, 0.717) is 6.42 Å². The van der Waals surface area contributed by atoms with Crippen molar-refractivity contribution in [2.45, 2.75) is 67.9 Å². The number of hydrogen-bond acceptors (Lipinski definition) is 2. The highest BCUT2D eigenvalue weighted by Crippen LogP contribution is 2.56. The summed E-state index contributed by atoms with van der Waals surface area (Å²) in [4.78, 5) is 12.0. The van der Waals surface area contributed by atoms with Crippen molar-refractivity contribution < 1.29 is 9.90 Å². The zero-order valence-corrected chi connectivity index (χ0v) is 14.6. The Morgan fingerprint density at radius 2 is 1.78 bits per heavy atom. The first-order chi connectivity index (χ1) is 11.2. The van der Waals surface area contributed by atoms with Crippen LogP contribution in [-0.2, 0) is 4.79 Å². The summed E-state index contributed by atoms with van der Waals surface area (Å²) in [6, 6.07) is 10.9. The van der Waals surface area contributed by atoms with Gasteiger partial charge in [0.2, 0.25) is 0 Å². The Morgan fingerprint density at radius 3 is 2.57 bits per heavy atom. The number of aliphatic carboxylic acids is 1. The fourth-order valence-electron chi connectivity index (χ4n) is 4.61. The average molecular weight is 333 g/mol. The van der Waals surface area contributed by atoms with Crippen molar-refractivity contribution >= 4 is 17.7 Å². The zero-order chi connectivity index (χ0) is 16.1. The van der Waals surface area contributed by atoms with Crippen LogP contribution in [0.2, 0.25) is 0 Å². The first-order valence-electron chi connectivity index (χ1n) is 9.17. The summed E-state index contributed by atoms with van der Waals surface area (Å²) in [5.74, 6) is 2.12. The smallest absolute Gasteiger partial charge is 0.303 e. The van der Waals surface area contributed by atoms with Crippen LogP contribution in [0.5, 0.6) is 0 Å². The van der Waals surface area contributed by atoms with E-state index in [1.807, 2.05) is 0 Å². The fraction of sp³-hybridized carbons (Fsp3) is 0.650. The van der Waals surface area contributed by atoms with Gasteiger partial charge in [-0.25, -0.2) is 0 Å². The zero-order valence-electron chi connectivity index (χ0n) is 13.8. The van der Waals surface area contributed by atoms with Crippen LogP contribution in [0.25, 0.3) is 0 Å². The first-order valence-corrected chi connectivity index (χ1v) is 10.1. The Hall–Kier alpha value is -0.960. The molecule has 1 aromatic rings. The van der Waals surface area contributed by atoms with Crippen LogP contribution in [0.4, 0.5) is 0 Å². The SMILES string of the molecule is O=C(O)CCCCCCC1C2CCC(C2)C1Sc1ccccc1. The topological polar surface area (TPSA) is 37.3 Å². The van der Waals surface area contributed by atoms with Crippen molar-refractivity contribution in [3.05, 3.63) is 30.3 Å². The van der Waals surface area contributed by atoms with Crippen molar-refractivity contribution in [1.29, 1.82) is 0 Å². The molecule has 2 fully saturated rings. The van der Waals surface area contributed by atoms with E-state index in [-0.39, 0.29) is 0 Å². The highest BCUT2D eigenvalue weighted by atomic mass is 32.2. The quantitative estimate of drug-likeness (QED) is 0.596. The maximum Gasteiger partial charge on any atom is 0.303 e. The second-order valence-corrected chi connectivity index (χ2v) is 8.49. The molecule has 0 saturated heterocycles. The Balaban J connectivity index is 1.46. The van der Waals surface area contributed by atoms with Crippen LogP contribution in [0, 0.1) is 17.8 Å². The normalized spacial score (nSPS) is 29.0. The molecule has 0 aromatic heterocycles. The summed E-state index contributed by atoms with van der Waals surface area (Å²) >= 11 is 2.12. The van der Waals surface area contributed by atoms with E-state index < -0.39 is 5.97 Å². The molecule has 3 rings (SSSR count). The number of rotatable bonds is 9. The molecule has 0 radical (unpaired) electrons. The van der Waals surface area contributed by atoms with Gasteiger partial charge in [-0.15, -0.1) is 11.8 Å². The van der Waals surface area contributed by atoms with Gasteiger partial charge in [-0.1, -0.05) is 37.5 Å². The molecule has 2 aliphatic rings. The second-order valence-electron chi connectivity index (χ2n) is 7.24. The van der Waals surface area contributed by atoms with Gasteiger partial charge in [0, 0.05) is 16.6 Å². The van der Waals surface area contributed by atoms with Crippen molar-refractivity contribution in [1.82, 2.24) is 0 Å². The van der Waals surface area contributed by atoms with Gasteiger partial charge in [-0.3, -0.25) is 4.79 Å². The lowest BCUT2D eigenvalue weighted by molar-refractivity contribution is -0.137. The molecule has 4 unspecified atom stereocenters. The number of hydrogen-bond donors (Lipinski definition) is 1. The number of carboxylic acid groups (broad SMARTS) is 1. The molecule has 2 nitrogen and oxygen atoms in total. The van der Waals surface area contributed by atoms with Crippen LogP contribution >= 0.6 is 11.8 Å². The molecule has 126 valence electrons. The summed E-state index contributed by atoms with van der Waals surface area (Å²) in [6.07, 6.45) is 10.4. The third-order valence-corrected chi connectivity index (χ3v) is 7.25. The molecular weight excluding hydrogens is 304 g/mol. The van der Waals surface area contributed by atoms with Crippen LogP contribution in [0.1, 0.15) is 57.8 Å². The molecule has 3 heteroatoms. The number of carbonyl (C=O) groups is 1. The average Bonchev–Trinajstić information content (AvgIpc) is 3.14. The third-order valence-electron chi connectivity index (χ3n) is 5.70. The van der Waals surface area contributed by atoms with E-state index >= 15 is 0 Å². The summed E-state index contributed by atoms with van der Waals surface area (Å²) in [7, 11) is 0. The van der Waals surface area contributed by atoms with Crippen molar-refractivity contribution in [3.63, 3.8) is 0 Å². The van der Waals surface area contributed by atoms with Gasteiger partial charge in [0.1, 0.15) is 0 Å². The summed E-state index contributed by atoms with van der Waals surface area (Å²) in [6.45, 7) is 0. The maximum absolute atomic E-state index is 10.5. The molecule has 2 aliphatic carbocycles. The van der Waals surface area contributed by atoms with Gasteiger partial charge in [-0.2, -0.15) is 0 Å². The number of unbranched alkanes of at least 4 members (excludes halogenated alkanes) is 3. The van der Waals surface area contributed by atoms with Crippen molar-refractivity contribution in [2.75, 3.05) is 0 Å². The van der Waals surface area contributed by atoms with Gasteiger partial charge in [0.05, 0.1) is 0 Å². The van der Waals surface area contributed by atoms with Crippen LogP contribution < -0.4 is 0 Å². The summed E-state index contributed by atoms with van der Waals surface area (Å²) in [5, 5.41) is 9.50. The Morgan fingerprint density at radius 1 is 1.04 bits per heavy atom. The lowest BCUT2D eigenvalue weighted by Crippen LogP contribution is -2.24. The molecule has 0 spiro atoms. The van der Waals surface area contributed by atoms with E-state index in [1.165, 1.54) is 43.4 Å². The fourth-order valence-corrected chi connectivity index (χ4v) is 6.21. The minimum atomic E-state index is -0.655. The summed E-state index contributed by atoms with van der Waals surface area (Å²) in [5.41, 5.74) is 0. The minimum Gasteiger partial charge on any atom is -0.481 e. The molecule has 1 aromatic carbocycles. The third kappa shape index (κ3) is 4.53. The second kappa shape index (κ2) is 8.23. The molecule has 0 heterocycles. The van der Waals surface area contributed by atoms with Gasteiger partial charge >= 0.3 is 5.97 Å². The number of carboxylic acids is 1. The predicted molar refractivity (Wildman–Crippen MR) is 95.7 cm³/mol. The lowest BCUT2D eigenvalue weighted by atomic mass is 9.84. The van der Waals surface area contributed by atoms with Crippen LogP contribution in [-0.4, -0.2) is 16.3 Å². The van der Waals surface area contributed by atoms with Crippen LogP contribution in [0.3, 0.4) is 0 Å². The molecule has 1 N–H and O–H groups in total. The molecule has 2 bridgehead atoms. The highest BCUT2D eigenvalue weighted by molar-refractivity contribution is 8.00. The first kappa shape index (κ1) is 16.9. The predicted octanol–water partition coefficient (Wildman–Crippen LogP) is 5.62. The van der Waals surface area contributed by atoms with Crippen molar-refractivity contribution in [3.8, 4) is 0 Å². The van der Waals surface area contributed by atoms with E-state index in [4.69, 9.17) is 5.11 Å².